The Morgan fingerprint density at radius 3 is 3.08 bits per heavy atom. The summed E-state index contributed by atoms with van der Waals surface area (Å²) in [5.41, 5.74) is 0.658. The van der Waals surface area contributed by atoms with Crippen molar-refractivity contribution in [2.75, 3.05) is 0 Å². The van der Waals surface area contributed by atoms with E-state index in [0.29, 0.717) is 5.69 Å². The molecule has 0 bridgehead atoms. The number of rotatable bonds is 4. The molecule has 0 saturated heterocycles. The lowest BCUT2D eigenvalue weighted by atomic mass is 10.2. The third-order valence-corrected chi connectivity index (χ3v) is 1.80. The molecule has 0 amide bonds. The summed E-state index contributed by atoms with van der Waals surface area (Å²) < 4.78 is 1.76. The quantitative estimate of drug-likeness (QED) is 0.636. The smallest absolute Gasteiger partial charge is 0.138 e. The number of aromatic nitrogens is 2. The van der Waals surface area contributed by atoms with Gasteiger partial charge in [0, 0.05) is 6.54 Å². The van der Waals surface area contributed by atoms with Crippen LogP contribution in [0.2, 0.25) is 0 Å². The van der Waals surface area contributed by atoms with Crippen LogP contribution < -0.4 is 0 Å². The predicted octanol–water partition coefficient (Wildman–Crippen LogP) is 1.94. The van der Waals surface area contributed by atoms with E-state index in [1.807, 2.05) is 0 Å². The molecule has 0 radical (unpaired) electrons. The Bertz CT molecular complexity index is 270. The first-order valence-electron chi connectivity index (χ1n) is 4.30. The van der Waals surface area contributed by atoms with E-state index in [0.717, 1.165) is 13.0 Å². The van der Waals surface area contributed by atoms with Crippen molar-refractivity contribution in [1.82, 2.24) is 9.78 Å². The van der Waals surface area contributed by atoms with Gasteiger partial charge in [-0.25, -0.2) is 0 Å². The Kier molecular flexibility index (Phi) is 3.34. The minimum atomic E-state index is 0.658. The molecule has 1 heterocycles. The standard InChI is InChI=1S/C9H13N3/c1-2-3-4-7-12-9(8-10)5-6-11-12/h5-6H,2-4,7H2,1H3. The van der Waals surface area contributed by atoms with Gasteiger partial charge in [0.05, 0.1) is 6.20 Å². The van der Waals surface area contributed by atoms with Crippen LogP contribution in [0, 0.1) is 11.3 Å². The van der Waals surface area contributed by atoms with E-state index in [1.54, 1.807) is 16.9 Å². The molecule has 0 fully saturated rings. The fourth-order valence-corrected chi connectivity index (χ4v) is 1.12. The maximum atomic E-state index is 8.65. The second-order valence-electron chi connectivity index (χ2n) is 2.76. The normalized spacial score (nSPS) is 9.67. The van der Waals surface area contributed by atoms with E-state index in [2.05, 4.69) is 18.1 Å². The Hall–Kier alpha value is -1.30. The molecular weight excluding hydrogens is 150 g/mol. The first-order chi connectivity index (χ1) is 5.88. The molecule has 0 aromatic carbocycles. The summed E-state index contributed by atoms with van der Waals surface area (Å²) in [7, 11) is 0. The van der Waals surface area contributed by atoms with Gasteiger partial charge in [0.2, 0.25) is 0 Å². The summed E-state index contributed by atoms with van der Waals surface area (Å²) >= 11 is 0. The second-order valence-corrected chi connectivity index (χ2v) is 2.76. The zero-order valence-electron chi connectivity index (χ0n) is 7.32. The number of aryl methyl sites for hydroxylation is 1. The van der Waals surface area contributed by atoms with Crippen molar-refractivity contribution in [3.8, 4) is 6.07 Å². The summed E-state index contributed by atoms with van der Waals surface area (Å²) in [4.78, 5) is 0. The van der Waals surface area contributed by atoms with E-state index in [9.17, 15) is 0 Å². The first kappa shape index (κ1) is 8.79. The molecule has 1 rings (SSSR count). The first-order valence-corrected chi connectivity index (χ1v) is 4.30. The minimum absolute atomic E-state index is 0.658. The number of nitrogens with zero attached hydrogens (tertiary/aromatic N) is 3. The molecule has 1 aromatic rings. The van der Waals surface area contributed by atoms with Gasteiger partial charge in [-0.2, -0.15) is 10.4 Å². The zero-order valence-corrected chi connectivity index (χ0v) is 7.32. The molecule has 0 unspecified atom stereocenters. The Morgan fingerprint density at radius 2 is 2.42 bits per heavy atom. The molecule has 0 aliphatic rings. The van der Waals surface area contributed by atoms with Crippen LogP contribution in [-0.4, -0.2) is 9.78 Å². The molecular formula is C9H13N3. The van der Waals surface area contributed by atoms with E-state index in [1.165, 1.54) is 12.8 Å². The Labute approximate surface area is 72.6 Å². The Balaban J connectivity index is 2.46. The molecule has 3 nitrogen and oxygen atoms in total. The molecule has 0 atom stereocenters. The average molecular weight is 163 g/mol. The maximum Gasteiger partial charge on any atom is 0.138 e. The summed E-state index contributed by atoms with van der Waals surface area (Å²) in [5, 5.41) is 12.7. The zero-order chi connectivity index (χ0) is 8.81. The van der Waals surface area contributed by atoms with Crippen molar-refractivity contribution >= 4 is 0 Å². The van der Waals surface area contributed by atoms with Gasteiger partial charge in [-0.3, -0.25) is 4.68 Å². The van der Waals surface area contributed by atoms with Crippen LogP contribution in [0.25, 0.3) is 0 Å². The van der Waals surface area contributed by atoms with E-state index < -0.39 is 0 Å². The lowest BCUT2D eigenvalue weighted by molar-refractivity contribution is 0.549. The molecule has 0 N–H and O–H groups in total. The van der Waals surface area contributed by atoms with Crippen LogP contribution in [0.4, 0.5) is 0 Å². The summed E-state index contributed by atoms with van der Waals surface area (Å²) in [6.45, 7) is 3.03. The average Bonchev–Trinajstić information content (AvgIpc) is 2.52. The van der Waals surface area contributed by atoms with E-state index in [-0.39, 0.29) is 0 Å². The van der Waals surface area contributed by atoms with Crippen molar-refractivity contribution < 1.29 is 0 Å². The van der Waals surface area contributed by atoms with Crippen molar-refractivity contribution in [3.05, 3.63) is 18.0 Å². The molecule has 1 aromatic heterocycles. The van der Waals surface area contributed by atoms with Crippen molar-refractivity contribution in [2.24, 2.45) is 0 Å². The molecule has 0 saturated carbocycles. The summed E-state index contributed by atoms with van der Waals surface area (Å²) in [5.74, 6) is 0. The predicted molar refractivity (Wildman–Crippen MR) is 46.5 cm³/mol. The van der Waals surface area contributed by atoms with Crippen molar-refractivity contribution in [3.63, 3.8) is 0 Å². The van der Waals surface area contributed by atoms with Crippen LogP contribution in [0.15, 0.2) is 12.3 Å². The fourth-order valence-electron chi connectivity index (χ4n) is 1.12. The highest BCUT2D eigenvalue weighted by molar-refractivity contribution is 5.17. The van der Waals surface area contributed by atoms with Crippen molar-refractivity contribution in [2.45, 2.75) is 32.7 Å². The van der Waals surface area contributed by atoms with Gasteiger partial charge in [-0.1, -0.05) is 19.8 Å². The largest absolute Gasteiger partial charge is 0.255 e. The van der Waals surface area contributed by atoms with Gasteiger partial charge in [-0.15, -0.1) is 0 Å². The number of nitriles is 1. The van der Waals surface area contributed by atoms with Crippen LogP contribution in [0.5, 0.6) is 0 Å². The number of hydrogen-bond acceptors (Lipinski definition) is 2. The van der Waals surface area contributed by atoms with Crippen molar-refractivity contribution in [1.29, 1.82) is 5.26 Å². The molecule has 3 heteroatoms. The third-order valence-electron chi connectivity index (χ3n) is 1.80. The van der Waals surface area contributed by atoms with Crippen LogP contribution >= 0.6 is 0 Å². The van der Waals surface area contributed by atoms with Gasteiger partial charge >= 0.3 is 0 Å². The Morgan fingerprint density at radius 1 is 1.58 bits per heavy atom. The van der Waals surface area contributed by atoms with Gasteiger partial charge < -0.3 is 0 Å². The molecule has 0 spiro atoms. The van der Waals surface area contributed by atoms with Gasteiger partial charge in [0.1, 0.15) is 11.8 Å². The third kappa shape index (κ3) is 2.09. The highest BCUT2D eigenvalue weighted by Gasteiger charge is 1.98. The highest BCUT2D eigenvalue weighted by atomic mass is 15.3. The lowest BCUT2D eigenvalue weighted by Gasteiger charge is -2.00. The summed E-state index contributed by atoms with van der Waals surface area (Å²) in [6.07, 6.45) is 5.17. The lowest BCUT2D eigenvalue weighted by Crippen LogP contribution is -2.02. The van der Waals surface area contributed by atoms with Gasteiger partial charge in [0.15, 0.2) is 0 Å². The number of hydrogen-bond donors (Lipinski definition) is 0. The topological polar surface area (TPSA) is 41.6 Å². The maximum absolute atomic E-state index is 8.65. The molecule has 12 heavy (non-hydrogen) atoms. The number of unbranched alkanes of at least 4 members (excludes halogenated alkanes) is 2. The SMILES string of the molecule is CCCCCn1nccc1C#N. The molecule has 0 aliphatic heterocycles. The van der Waals surface area contributed by atoms with E-state index in [4.69, 9.17) is 5.26 Å². The van der Waals surface area contributed by atoms with Gasteiger partial charge in [-0.05, 0) is 12.5 Å². The van der Waals surface area contributed by atoms with Crippen LogP contribution in [0.1, 0.15) is 31.9 Å². The molecule has 0 aliphatic carbocycles. The van der Waals surface area contributed by atoms with Gasteiger partial charge in [0.25, 0.3) is 0 Å². The van der Waals surface area contributed by atoms with E-state index >= 15 is 0 Å². The minimum Gasteiger partial charge on any atom is -0.255 e. The van der Waals surface area contributed by atoms with Crippen LogP contribution in [0.3, 0.4) is 0 Å². The fraction of sp³-hybridized carbons (Fsp3) is 0.556. The second kappa shape index (κ2) is 4.55. The van der Waals surface area contributed by atoms with Crippen LogP contribution in [-0.2, 0) is 6.54 Å². The highest BCUT2D eigenvalue weighted by Crippen LogP contribution is 2.01. The molecule has 64 valence electrons. The monoisotopic (exact) mass is 163 g/mol. The summed E-state index contributed by atoms with van der Waals surface area (Å²) in [6, 6.07) is 3.84.